The van der Waals surface area contributed by atoms with Gasteiger partial charge in [-0.1, -0.05) is 23.8 Å². The molecule has 1 rings (SSSR count). The van der Waals surface area contributed by atoms with E-state index in [9.17, 15) is 0 Å². The summed E-state index contributed by atoms with van der Waals surface area (Å²) in [5.41, 5.74) is 1.14. The number of allylic oxidation sites excluding steroid dienone is 4. The minimum Gasteiger partial charge on any atom is -0.124 e. The summed E-state index contributed by atoms with van der Waals surface area (Å²) in [4.78, 5) is -0.402. The van der Waals surface area contributed by atoms with Gasteiger partial charge in [-0.15, -0.1) is 34.8 Å². The van der Waals surface area contributed by atoms with E-state index in [1.807, 2.05) is 18.2 Å². The van der Waals surface area contributed by atoms with Crippen molar-refractivity contribution < 1.29 is 0 Å². The summed E-state index contributed by atoms with van der Waals surface area (Å²) in [6, 6.07) is 0. The lowest BCUT2D eigenvalue weighted by molar-refractivity contribution is 0.759. The zero-order chi connectivity index (χ0) is 8.32. The highest BCUT2D eigenvalue weighted by Crippen LogP contribution is 2.31. The molecule has 1 aliphatic carbocycles. The Morgan fingerprint density at radius 1 is 1.45 bits per heavy atom. The van der Waals surface area contributed by atoms with E-state index in [0.717, 1.165) is 12.0 Å². The molecule has 0 heterocycles. The van der Waals surface area contributed by atoms with E-state index >= 15 is 0 Å². The Labute approximate surface area is 81.8 Å². The number of halogens is 3. The predicted octanol–water partition coefficient (Wildman–Crippen LogP) is 3.33. The molecule has 0 spiro atoms. The van der Waals surface area contributed by atoms with Crippen molar-refractivity contribution in [2.45, 2.75) is 11.3 Å². The molecule has 3 heteroatoms. The lowest BCUT2D eigenvalue weighted by Gasteiger charge is -2.23. The second-order valence-electron chi connectivity index (χ2n) is 2.66. The maximum absolute atomic E-state index is 6.11. The highest BCUT2D eigenvalue weighted by Gasteiger charge is 2.25. The average molecular weight is 212 g/mol. The normalized spacial score (nSPS) is 30.3. The molecular weight excluding hydrogens is 202 g/mol. The molecular formula is C8H9Cl3. The Balaban J connectivity index is 2.68. The van der Waals surface area contributed by atoms with Crippen LogP contribution < -0.4 is 0 Å². The lowest BCUT2D eigenvalue weighted by atomic mass is 9.96. The molecule has 0 aromatic rings. The summed E-state index contributed by atoms with van der Waals surface area (Å²) in [5, 5.41) is 0. The first-order valence-corrected chi connectivity index (χ1v) is 4.83. The molecule has 0 aromatic heterocycles. The van der Waals surface area contributed by atoms with E-state index in [0.29, 0.717) is 11.8 Å². The maximum Gasteiger partial charge on any atom is 0.0801 e. The molecule has 0 N–H and O–H groups in total. The first kappa shape index (κ1) is 9.44. The first-order valence-electron chi connectivity index (χ1n) is 3.38. The minimum absolute atomic E-state index is 0.402. The van der Waals surface area contributed by atoms with Gasteiger partial charge in [0, 0.05) is 11.8 Å². The molecule has 0 aromatic carbocycles. The van der Waals surface area contributed by atoms with Crippen molar-refractivity contribution in [3.05, 3.63) is 23.8 Å². The summed E-state index contributed by atoms with van der Waals surface area (Å²) in [5.74, 6) is 0.967. The van der Waals surface area contributed by atoms with Gasteiger partial charge in [0.25, 0.3) is 0 Å². The van der Waals surface area contributed by atoms with Crippen molar-refractivity contribution in [2.75, 3.05) is 11.8 Å². The van der Waals surface area contributed by atoms with Gasteiger partial charge < -0.3 is 0 Å². The zero-order valence-electron chi connectivity index (χ0n) is 5.99. The third-order valence-electron chi connectivity index (χ3n) is 1.64. The Kier molecular flexibility index (Phi) is 3.29. The average Bonchev–Trinajstić information content (AvgIpc) is 2.05. The molecule has 1 atom stereocenters. The van der Waals surface area contributed by atoms with Crippen LogP contribution in [0.4, 0.5) is 0 Å². The van der Waals surface area contributed by atoms with Crippen molar-refractivity contribution in [3.63, 3.8) is 0 Å². The lowest BCUT2D eigenvalue weighted by Crippen LogP contribution is -2.23. The fourth-order valence-corrected chi connectivity index (χ4v) is 1.65. The fraction of sp³-hybridized carbons (Fsp3) is 0.500. The molecule has 0 nitrogen and oxygen atoms in total. The third-order valence-corrected chi connectivity index (χ3v) is 2.99. The second-order valence-corrected chi connectivity index (χ2v) is 3.95. The van der Waals surface area contributed by atoms with Crippen molar-refractivity contribution in [1.82, 2.24) is 0 Å². The number of hydrogen-bond acceptors (Lipinski definition) is 0. The van der Waals surface area contributed by atoms with Gasteiger partial charge in [-0.2, -0.15) is 0 Å². The third kappa shape index (κ3) is 2.40. The molecule has 0 aliphatic heterocycles. The molecule has 0 saturated carbocycles. The molecule has 0 amide bonds. The van der Waals surface area contributed by atoms with E-state index in [4.69, 9.17) is 34.8 Å². The maximum atomic E-state index is 6.11. The Morgan fingerprint density at radius 3 is 2.73 bits per heavy atom. The van der Waals surface area contributed by atoms with E-state index in [-0.39, 0.29) is 0 Å². The second kappa shape index (κ2) is 3.84. The van der Waals surface area contributed by atoms with Gasteiger partial charge in [0.15, 0.2) is 0 Å². The van der Waals surface area contributed by atoms with Crippen LogP contribution in [0.3, 0.4) is 0 Å². The van der Waals surface area contributed by atoms with Crippen LogP contribution in [0.15, 0.2) is 23.8 Å². The molecule has 1 aliphatic rings. The molecule has 0 saturated heterocycles. The predicted molar refractivity (Wildman–Crippen MR) is 51.9 cm³/mol. The quantitative estimate of drug-likeness (QED) is 0.615. The van der Waals surface area contributed by atoms with Gasteiger partial charge in [-0.25, -0.2) is 0 Å². The zero-order valence-corrected chi connectivity index (χ0v) is 8.26. The monoisotopic (exact) mass is 210 g/mol. The van der Waals surface area contributed by atoms with Gasteiger partial charge >= 0.3 is 0 Å². The van der Waals surface area contributed by atoms with Gasteiger partial charge in [0.1, 0.15) is 0 Å². The standard InChI is InChI=1S/C8H9Cl3/c9-5-7-2-1-3-8(11,4-7)6-10/h1-3H,4-6H2. The smallest absolute Gasteiger partial charge is 0.0801 e. The van der Waals surface area contributed by atoms with E-state index in [1.54, 1.807) is 0 Å². The van der Waals surface area contributed by atoms with Gasteiger partial charge in [-0.05, 0) is 6.42 Å². The van der Waals surface area contributed by atoms with Crippen molar-refractivity contribution >= 4 is 34.8 Å². The Hall–Kier alpha value is 0.350. The van der Waals surface area contributed by atoms with Crippen LogP contribution in [0.5, 0.6) is 0 Å². The van der Waals surface area contributed by atoms with Crippen LogP contribution >= 0.6 is 34.8 Å². The summed E-state index contributed by atoms with van der Waals surface area (Å²) in [6.45, 7) is 0. The topological polar surface area (TPSA) is 0 Å². The van der Waals surface area contributed by atoms with Gasteiger partial charge in [0.2, 0.25) is 0 Å². The fourth-order valence-electron chi connectivity index (χ4n) is 1.04. The van der Waals surface area contributed by atoms with Crippen LogP contribution in [0.25, 0.3) is 0 Å². The van der Waals surface area contributed by atoms with Crippen molar-refractivity contribution in [2.24, 2.45) is 0 Å². The highest BCUT2D eigenvalue weighted by molar-refractivity contribution is 6.32. The Morgan fingerprint density at radius 2 is 2.18 bits per heavy atom. The summed E-state index contributed by atoms with van der Waals surface area (Å²) < 4.78 is 0. The van der Waals surface area contributed by atoms with Gasteiger partial charge in [0.05, 0.1) is 4.87 Å². The first-order chi connectivity index (χ1) is 5.20. The summed E-state index contributed by atoms with van der Waals surface area (Å²) in [6.07, 6.45) is 6.58. The van der Waals surface area contributed by atoms with E-state index in [1.165, 1.54) is 0 Å². The molecule has 0 bridgehead atoms. The molecule has 62 valence electrons. The minimum atomic E-state index is -0.402. The highest BCUT2D eigenvalue weighted by atomic mass is 35.5. The van der Waals surface area contributed by atoms with Crippen LogP contribution in [-0.2, 0) is 0 Å². The van der Waals surface area contributed by atoms with Crippen LogP contribution in [0.1, 0.15) is 6.42 Å². The van der Waals surface area contributed by atoms with E-state index in [2.05, 4.69) is 0 Å². The van der Waals surface area contributed by atoms with Crippen molar-refractivity contribution in [1.29, 1.82) is 0 Å². The van der Waals surface area contributed by atoms with E-state index < -0.39 is 4.87 Å². The SMILES string of the molecule is ClCC1=CC=CC(Cl)(CCl)C1. The number of rotatable bonds is 2. The largest absolute Gasteiger partial charge is 0.124 e. The Bertz CT molecular complexity index is 196. The summed E-state index contributed by atoms with van der Waals surface area (Å²) >= 11 is 17.5. The van der Waals surface area contributed by atoms with Crippen molar-refractivity contribution in [3.8, 4) is 0 Å². The number of alkyl halides is 3. The van der Waals surface area contributed by atoms with Crippen LogP contribution in [0.2, 0.25) is 0 Å². The molecule has 0 radical (unpaired) electrons. The molecule has 0 fully saturated rings. The number of hydrogen-bond donors (Lipinski definition) is 0. The summed E-state index contributed by atoms with van der Waals surface area (Å²) in [7, 11) is 0. The molecule has 1 unspecified atom stereocenters. The van der Waals surface area contributed by atoms with Crippen LogP contribution in [-0.4, -0.2) is 16.6 Å². The van der Waals surface area contributed by atoms with Gasteiger partial charge in [-0.3, -0.25) is 0 Å². The van der Waals surface area contributed by atoms with Crippen LogP contribution in [0, 0.1) is 0 Å². The molecule has 11 heavy (non-hydrogen) atoms.